The predicted octanol–water partition coefficient (Wildman–Crippen LogP) is 3.60. The summed E-state index contributed by atoms with van der Waals surface area (Å²) in [7, 11) is 5.08. The normalized spacial score (nSPS) is 19.3. The van der Waals surface area contributed by atoms with E-state index >= 15 is 0 Å². The van der Waals surface area contributed by atoms with Crippen molar-refractivity contribution in [3.8, 4) is 11.3 Å². The van der Waals surface area contributed by atoms with Crippen molar-refractivity contribution in [3.05, 3.63) is 41.1 Å². The molecular weight excluding hydrogens is 518 g/mol. The largest absolute Gasteiger partial charge is 0.351 e. The molecule has 2 aliphatic carbocycles. The van der Waals surface area contributed by atoms with Crippen LogP contribution >= 0.6 is 11.6 Å². The van der Waals surface area contributed by atoms with E-state index in [2.05, 4.69) is 25.8 Å². The summed E-state index contributed by atoms with van der Waals surface area (Å²) in [5.41, 5.74) is 4.06. The van der Waals surface area contributed by atoms with E-state index in [1.54, 1.807) is 17.9 Å². The van der Waals surface area contributed by atoms with Crippen LogP contribution < -0.4 is 10.6 Å². The number of amides is 1. The van der Waals surface area contributed by atoms with E-state index in [0.717, 1.165) is 61.4 Å². The van der Waals surface area contributed by atoms with Crippen LogP contribution in [0.25, 0.3) is 11.3 Å². The number of carbonyl (C=O) groups excluding carboxylic acids is 1. The molecule has 2 aliphatic rings. The standard InChI is InChI=1S/C27H38ClN9O2/c1-35-24(12-18-4-5-18)22(15-31-35)26-23(28)16-30-27(34-26)33-21-8-6-20(7-9-21)29-13-19-14-32-37(17-19)11-10-25(38)36(2)39-3/h14-18,20-21,29H,4-13H2,1-3H3,(H,30,33,34)/t20-,21-. The highest BCUT2D eigenvalue weighted by Crippen LogP contribution is 2.37. The number of hydrogen-bond donors (Lipinski definition) is 2. The molecule has 0 unspecified atom stereocenters. The molecule has 0 aliphatic heterocycles. The summed E-state index contributed by atoms with van der Waals surface area (Å²) >= 11 is 6.54. The molecule has 210 valence electrons. The van der Waals surface area contributed by atoms with Crippen LogP contribution in [-0.2, 0) is 36.2 Å². The van der Waals surface area contributed by atoms with Crippen LogP contribution in [0.4, 0.5) is 5.95 Å². The van der Waals surface area contributed by atoms with Gasteiger partial charge >= 0.3 is 0 Å². The van der Waals surface area contributed by atoms with E-state index in [-0.39, 0.29) is 5.91 Å². The van der Waals surface area contributed by atoms with Gasteiger partial charge in [0, 0.05) is 68.7 Å². The van der Waals surface area contributed by atoms with E-state index in [9.17, 15) is 4.79 Å². The van der Waals surface area contributed by atoms with Gasteiger partial charge in [0.2, 0.25) is 11.9 Å². The number of anilines is 1. The van der Waals surface area contributed by atoms with Gasteiger partial charge in [-0.1, -0.05) is 11.6 Å². The first kappa shape index (κ1) is 27.5. The smallest absolute Gasteiger partial charge is 0.247 e. The Morgan fingerprint density at radius 3 is 2.64 bits per heavy atom. The number of aryl methyl sites for hydroxylation is 2. The molecule has 0 radical (unpaired) electrons. The number of hydroxylamine groups is 2. The lowest BCUT2D eigenvalue weighted by Gasteiger charge is -2.29. The van der Waals surface area contributed by atoms with Crippen LogP contribution in [-0.4, -0.2) is 66.7 Å². The van der Waals surface area contributed by atoms with Gasteiger partial charge < -0.3 is 10.6 Å². The lowest BCUT2D eigenvalue weighted by atomic mass is 9.91. The molecule has 11 nitrogen and oxygen atoms in total. The number of aromatic nitrogens is 6. The summed E-state index contributed by atoms with van der Waals surface area (Å²) in [6.07, 6.45) is 15.5. The molecule has 2 fully saturated rings. The van der Waals surface area contributed by atoms with Gasteiger partial charge in [-0.05, 0) is 50.9 Å². The fraction of sp³-hybridized carbons (Fsp3) is 0.593. The minimum atomic E-state index is -0.0753. The van der Waals surface area contributed by atoms with Gasteiger partial charge in [0.1, 0.15) is 0 Å². The molecule has 0 bridgehead atoms. The van der Waals surface area contributed by atoms with Crippen molar-refractivity contribution < 1.29 is 9.63 Å². The van der Waals surface area contributed by atoms with Crippen LogP contribution in [0.5, 0.6) is 0 Å². The number of carbonyl (C=O) groups is 1. The quantitative estimate of drug-likeness (QED) is 0.326. The molecule has 1 amide bonds. The van der Waals surface area contributed by atoms with Crippen molar-refractivity contribution in [3.63, 3.8) is 0 Å². The zero-order chi connectivity index (χ0) is 27.4. The molecule has 5 rings (SSSR count). The van der Waals surface area contributed by atoms with Crippen molar-refractivity contribution >= 4 is 23.5 Å². The number of nitrogens with zero attached hydrogens (tertiary/aromatic N) is 7. The summed E-state index contributed by atoms with van der Waals surface area (Å²) in [6.45, 7) is 1.28. The molecule has 0 spiro atoms. The van der Waals surface area contributed by atoms with Crippen LogP contribution in [0.1, 0.15) is 56.2 Å². The van der Waals surface area contributed by atoms with Crippen LogP contribution in [0.15, 0.2) is 24.8 Å². The summed E-state index contributed by atoms with van der Waals surface area (Å²) in [5, 5.41) is 17.9. The molecule has 39 heavy (non-hydrogen) atoms. The van der Waals surface area contributed by atoms with Crippen LogP contribution in [0, 0.1) is 5.92 Å². The Morgan fingerprint density at radius 1 is 1.13 bits per heavy atom. The Balaban J connectivity index is 1.09. The first-order valence-electron chi connectivity index (χ1n) is 13.7. The van der Waals surface area contributed by atoms with Gasteiger partial charge in [-0.25, -0.2) is 15.0 Å². The van der Waals surface area contributed by atoms with Gasteiger partial charge in [0.05, 0.1) is 36.4 Å². The predicted molar refractivity (Wildman–Crippen MR) is 149 cm³/mol. The molecule has 3 heterocycles. The molecule has 2 saturated carbocycles. The SMILES string of the molecule is CON(C)C(=O)CCn1cc(CN[C@H]2CC[C@H](Nc3ncc(Cl)c(-c4cnn(C)c4CC4CC4)n3)CC2)cn1. The maximum atomic E-state index is 11.9. The van der Waals surface area contributed by atoms with Crippen molar-refractivity contribution in [2.45, 2.75) is 76.5 Å². The number of nitrogens with one attached hydrogen (secondary N) is 2. The Labute approximate surface area is 234 Å². The van der Waals surface area contributed by atoms with Gasteiger partial charge in [0.25, 0.3) is 0 Å². The Morgan fingerprint density at radius 2 is 1.90 bits per heavy atom. The number of hydrogen-bond acceptors (Lipinski definition) is 8. The average Bonchev–Trinajstić information content (AvgIpc) is 3.54. The molecular formula is C27H38ClN9O2. The first-order valence-corrected chi connectivity index (χ1v) is 14.1. The second-order valence-electron chi connectivity index (χ2n) is 10.7. The third-order valence-electron chi connectivity index (χ3n) is 7.76. The van der Waals surface area contributed by atoms with Gasteiger partial charge in [0.15, 0.2) is 0 Å². The van der Waals surface area contributed by atoms with E-state index in [1.807, 2.05) is 30.3 Å². The van der Waals surface area contributed by atoms with Crippen molar-refractivity contribution in [2.24, 2.45) is 13.0 Å². The van der Waals surface area contributed by atoms with Crippen molar-refractivity contribution in [1.29, 1.82) is 0 Å². The van der Waals surface area contributed by atoms with Crippen molar-refractivity contribution in [1.82, 2.24) is 39.9 Å². The maximum absolute atomic E-state index is 11.9. The molecule has 0 saturated heterocycles. The van der Waals surface area contributed by atoms with Gasteiger partial charge in [-0.15, -0.1) is 0 Å². The third-order valence-corrected chi connectivity index (χ3v) is 8.04. The number of halogens is 1. The highest BCUT2D eigenvalue weighted by molar-refractivity contribution is 6.32. The summed E-state index contributed by atoms with van der Waals surface area (Å²) < 4.78 is 3.75. The molecule has 2 N–H and O–H groups in total. The highest BCUT2D eigenvalue weighted by Gasteiger charge is 2.27. The summed E-state index contributed by atoms with van der Waals surface area (Å²) in [6, 6.07) is 0.771. The second kappa shape index (κ2) is 12.4. The fourth-order valence-electron chi connectivity index (χ4n) is 5.10. The molecule has 12 heteroatoms. The average molecular weight is 556 g/mol. The zero-order valence-electron chi connectivity index (χ0n) is 22.9. The van der Waals surface area contributed by atoms with E-state index < -0.39 is 0 Å². The fourth-order valence-corrected chi connectivity index (χ4v) is 5.29. The van der Waals surface area contributed by atoms with Crippen LogP contribution in [0.2, 0.25) is 5.02 Å². The zero-order valence-corrected chi connectivity index (χ0v) is 23.7. The Hall–Kier alpha value is -3.02. The van der Waals surface area contributed by atoms with Crippen molar-refractivity contribution in [2.75, 3.05) is 19.5 Å². The minimum Gasteiger partial charge on any atom is -0.351 e. The first-order chi connectivity index (χ1) is 18.9. The lowest BCUT2D eigenvalue weighted by molar-refractivity contribution is -0.168. The van der Waals surface area contributed by atoms with E-state index in [0.29, 0.717) is 36.0 Å². The lowest BCUT2D eigenvalue weighted by Crippen LogP contribution is -2.36. The van der Waals surface area contributed by atoms with E-state index in [1.165, 1.54) is 30.7 Å². The minimum absolute atomic E-state index is 0.0753. The van der Waals surface area contributed by atoms with Gasteiger partial charge in [-0.2, -0.15) is 10.2 Å². The van der Waals surface area contributed by atoms with E-state index in [4.69, 9.17) is 21.4 Å². The topological polar surface area (TPSA) is 115 Å². The summed E-state index contributed by atoms with van der Waals surface area (Å²) in [5.74, 6) is 1.29. The Kier molecular flexibility index (Phi) is 8.79. The second-order valence-corrected chi connectivity index (χ2v) is 11.1. The monoisotopic (exact) mass is 555 g/mol. The molecule has 3 aromatic heterocycles. The summed E-state index contributed by atoms with van der Waals surface area (Å²) in [4.78, 5) is 26.1. The molecule has 0 aromatic carbocycles. The number of rotatable bonds is 12. The Bertz CT molecular complexity index is 1260. The molecule has 3 aromatic rings. The highest BCUT2D eigenvalue weighted by atomic mass is 35.5. The van der Waals surface area contributed by atoms with Gasteiger partial charge in [-0.3, -0.25) is 19.0 Å². The van der Waals surface area contributed by atoms with Crippen LogP contribution in [0.3, 0.4) is 0 Å². The maximum Gasteiger partial charge on any atom is 0.247 e. The third kappa shape index (κ3) is 7.14. The molecule has 0 atom stereocenters.